The van der Waals surface area contributed by atoms with Crippen molar-refractivity contribution in [3.63, 3.8) is 0 Å². The van der Waals surface area contributed by atoms with Gasteiger partial charge < -0.3 is 0 Å². The van der Waals surface area contributed by atoms with Crippen LogP contribution in [0.25, 0.3) is 0 Å². The lowest BCUT2D eigenvalue weighted by atomic mass is 10.4. The SMILES string of the molecule is Brc1ccsc1P(c1ccccc1)c1sccc1Br. The number of halogens is 2. The van der Waals surface area contributed by atoms with Gasteiger partial charge in [0, 0.05) is 16.9 Å². The van der Waals surface area contributed by atoms with E-state index in [1.54, 1.807) is 0 Å². The summed E-state index contributed by atoms with van der Waals surface area (Å²) >= 11 is 11.0. The molecular weight excluding hydrogens is 423 g/mol. The lowest BCUT2D eigenvalue weighted by Crippen LogP contribution is -2.17. The molecule has 0 unspecified atom stereocenters. The molecule has 0 amide bonds. The van der Waals surface area contributed by atoms with E-state index in [-0.39, 0.29) is 0 Å². The molecule has 19 heavy (non-hydrogen) atoms. The summed E-state index contributed by atoms with van der Waals surface area (Å²) < 4.78 is 5.27. The van der Waals surface area contributed by atoms with Crippen molar-refractivity contribution in [3.05, 3.63) is 62.2 Å². The average molecular weight is 432 g/mol. The molecule has 2 aromatic heterocycles. The van der Waals surface area contributed by atoms with Crippen molar-refractivity contribution in [2.45, 2.75) is 0 Å². The summed E-state index contributed by atoms with van der Waals surface area (Å²) in [5, 5.41) is 5.70. The molecule has 0 N–H and O–H groups in total. The van der Waals surface area contributed by atoms with Crippen molar-refractivity contribution in [1.82, 2.24) is 0 Å². The second-order valence-electron chi connectivity index (χ2n) is 3.82. The molecule has 96 valence electrons. The van der Waals surface area contributed by atoms with Crippen LogP contribution in [0.4, 0.5) is 0 Å². The molecule has 0 radical (unpaired) electrons. The van der Waals surface area contributed by atoms with Crippen LogP contribution in [0.2, 0.25) is 0 Å². The van der Waals surface area contributed by atoms with Crippen molar-refractivity contribution in [1.29, 1.82) is 0 Å². The molecule has 0 fully saturated rings. The molecule has 5 heteroatoms. The summed E-state index contributed by atoms with van der Waals surface area (Å²) in [4.78, 5) is 0. The molecule has 0 atom stereocenters. The van der Waals surface area contributed by atoms with Crippen molar-refractivity contribution < 1.29 is 0 Å². The maximum atomic E-state index is 3.69. The van der Waals surface area contributed by atoms with Gasteiger partial charge in [0.15, 0.2) is 0 Å². The fourth-order valence-electron chi connectivity index (χ4n) is 1.79. The van der Waals surface area contributed by atoms with E-state index < -0.39 is 7.92 Å². The largest absolute Gasteiger partial charge is 0.142 e. The Hall–Kier alpha value is 0.01000. The molecule has 0 bridgehead atoms. The maximum Gasteiger partial charge on any atom is 0.0518 e. The van der Waals surface area contributed by atoms with Crippen molar-refractivity contribution in [2.75, 3.05) is 0 Å². The minimum Gasteiger partial charge on any atom is -0.142 e. The van der Waals surface area contributed by atoms with Crippen LogP contribution in [0.1, 0.15) is 0 Å². The molecule has 0 aliphatic rings. The highest BCUT2D eigenvalue weighted by Crippen LogP contribution is 2.41. The van der Waals surface area contributed by atoms with E-state index in [1.165, 1.54) is 23.5 Å². The minimum absolute atomic E-state index is 0.470. The Morgan fingerprint density at radius 1 is 0.737 bits per heavy atom. The second-order valence-corrected chi connectivity index (χ2v) is 10.0. The van der Waals surface area contributed by atoms with Crippen LogP contribution in [0.15, 0.2) is 62.2 Å². The fraction of sp³-hybridized carbons (Fsp3) is 0. The molecule has 0 aliphatic heterocycles. The highest BCUT2D eigenvalue weighted by Gasteiger charge is 2.23. The molecule has 1 aromatic carbocycles. The van der Waals surface area contributed by atoms with Crippen molar-refractivity contribution >= 4 is 77.0 Å². The van der Waals surface area contributed by atoms with Gasteiger partial charge in [0.05, 0.1) is 9.24 Å². The first kappa shape index (κ1) is 14.0. The normalized spacial score (nSPS) is 11.1. The van der Waals surface area contributed by atoms with E-state index >= 15 is 0 Å². The average Bonchev–Trinajstić information content (AvgIpc) is 3.02. The van der Waals surface area contributed by atoms with Gasteiger partial charge in [0.25, 0.3) is 0 Å². The Balaban J connectivity index is 2.18. The van der Waals surface area contributed by atoms with E-state index in [0.29, 0.717) is 0 Å². The first-order valence-corrected chi connectivity index (χ1v) is 10.3. The first-order valence-electron chi connectivity index (χ1n) is 5.58. The summed E-state index contributed by atoms with van der Waals surface area (Å²) in [7, 11) is -0.470. The van der Waals surface area contributed by atoms with E-state index in [1.807, 2.05) is 22.7 Å². The van der Waals surface area contributed by atoms with Crippen LogP contribution < -0.4 is 14.5 Å². The van der Waals surface area contributed by atoms with E-state index in [9.17, 15) is 0 Å². The van der Waals surface area contributed by atoms with Crippen molar-refractivity contribution in [3.8, 4) is 0 Å². The predicted octanol–water partition coefficient (Wildman–Crippen LogP) is 5.09. The quantitative estimate of drug-likeness (QED) is 0.506. The second kappa shape index (κ2) is 6.19. The smallest absolute Gasteiger partial charge is 0.0518 e. The molecule has 3 rings (SSSR count). The molecule has 0 saturated carbocycles. The Kier molecular flexibility index (Phi) is 4.55. The standard InChI is InChI=1S/C14H9Br2PS2/c15-11-6-8-18-13(11)17(10-4-2-1-3-5-10)14-12(16)7-9-19-14/h1-9H. The van der Waals surface area contributed by atoms with Gasteiger partial charge in [-0.3, -0.25) is 0 Å². The number of hydrogen-bond acceptors (Lipinski definition) is 2. The van der Waals surface area contributed by atoms with Gasteiger partial charge in [-0.25, -0.2) is 0 Å². The van der Waals surface area contributed by atoms with Gasteiger partial charge in [-0.1, -0.05) is 30.3 Å². The van der Waals surface area contributed by atoms with Crippen LogP contribution in [0, 0.1) is 0 Å². The predicted molar refractivity (Wildman–Crippen MR) is 96.3 cm³/mol. The van der Waals surface area contributed by atoms with Crippen molar-refractivity contribution in [2.24, 2.45) is 0 Å². The highest BCUT2D eigenvalue weighted by molar-refractivity contribution is 9.11. The zero-order valence-corrected chi connectivity index (χ0v) is 15.4. The van der Waals surface area contributed by atoms with Crippen LogP contribution in [0.5, 0.6) is 0 Å². The molecule has 2 heterocycles. The minimum atomic E-state index is -0.470. The molecule has 3 aromatic rings. The fourth-order valence-corrected chi connectivity index (χ4v) is 9.32. The Labute approximate surface area is 138 Å². The highest BCUT2D eigenvalue weighted by atomic mass is 79.9. The number of hydrogen-bond donors (Lipinski definition) is 0. The summed E-state index contributed by atoms with van der Waals surface area (Å²) in [5.41, 5.74) is 0. The molecule has 0 aliphatic carbocycles. The lowest BCUT2D eigenvalue weighted by Gasteiger charge is -2.16. The van der Waals surface area contributed by atoms with Crippen LogP contribution in [0.3, 0.4) is 0 Å². The molecule has 0 spiro atoms. The number of benzene rings is 1. The summed E-state index contributed by atoms with van der Waals surface area (Å²) in [6.07, 6.45) is 0. The Morgan fingerprint density at radius 3 is 1.68 bits per heavy atom. The van der Waals surface area contributed by atoms with Gasteiger partial charge in [0.2, 0.25) is 0 Å². The molecule has 0 nitrogen and oxygen atoms in total. The first-order chi connectivity index (χ1) is 9.27. The third-order valence-electron chi connectivity index (χ3n) is 2.62. The van der Waals surface area contributed by atoms with Crippen LogP contribution in [-0.4, -0.2) is 0 Å². The van der Waals surface area contributed by atoms with Gasteiger partial charge in [-0.05, 0) is 60.1 Å². The van der Waals surface area contributed by atoms with Crippen LogP contribution in [-0.2, 0) is 0 Å². The summed E-state index contributed by atoms with van der Waals surface area (Å²) in [5.74, 6) is 0. The Morgan fingerprint density at radius 2 is 1.26 bits per heavy atom. The maximum absolute atomic E-state index is 3.69. The summed E-state index contributed by atoms with van der Waals surface area (Å²) in [6, 6.07) is 15.0. The van der Waals surface area contributed by atoms with E-state index in [2.05, 4.69) is 85.1 Å². The van der Waals surface area contributed by atoms with Gasteiger partial charge in [0.1, 0.15) is 0 Å². The van der Waals surface area contributed by atoms with Gasteiger partial charge in [-0.15, -0.1) is 22.7 Å². The third-order valence-corrected chi connectivity index (χ3v) is 10.3. The summed E-state index contributed by atoms with van der Waals surface area (Å²) in [6.45, 7) is 0. The lowest BCUT2D eigenvalue weighted by molar-refractivity contribution is 1.77. The van der Waals surface area contributed by atoms with E-state index in [0.717, 1.165) is 0 Å². The number of rotatable bonds is 3. The van der Waals surface area contributed by atoms with Gasteiger partial charge >= 0.3 is 0 Å². The zero-order chi connectivity index (χ0) is 13.2. The molecular formula is C14H9Br2PS2. The monoisotopic (exact) mass is 430 g/mol. The number of thiophene rings is 2. The van der Waals surface area contributed by atoms with Gasteiger partial charge in [-0.2, -0.15) is 0 Å². The topological polar surface area (TPSA) is 0 Å². The molecule has 0 saturated heterocycles. The van der Waals surface area contributed by atoms with E-state index in [4.69, 9.17) is 0 Å². The zero-order valence-electron chi connectivity index (χ0n) is 9.72. The third kappa shape index (κ3) is 2.88. The van der Waals surface area contributed by atoms with Crippen LogP contribution >= 0.6 is 62.5 Å². The Bertz CT molecular complexity index is 635.